The van der Waals surface area contributed by atoms with Gasteiger partial charge >= 0.3 is 5.97 Å². The van der Waals surface area contributed by atoms with Crippen molar-refractivity contribution in [3.63, 3.8) is 0 Å². The lowest BCUT2D eigenvalue weighted by Gasteiger charge is -2.20. The van der Waals surface area contributed by atoms with E-state index in [0.29, 0.717) is 5.92 Å². The molecular weight excluding hydrogens is 238 g/mol. The lowest BCUT2D eigenvalue weighted by molar-refractivity contribution is -0.150. The molecule has 0 aromatic heterocycles. The zero-order valence-electron chi connectivity index (χ0n) is 11.5. The van der Waals surface area contributed by atoms with Crippen molar-refractivity contribution < 1.29 is 9.53 Å². The first-order valence-corrected chi connectivity index (χ1v) is 7.15. The molecule has 0 amide bonds. The smallest absolute Gasteiger partial charge is 0.323 e. The van der Waals surface area contributed by atoms with E-state index in [0.717, 1.165) is 32.1 Å². The van der Waals surface area contributed by atoms with Crippen LogP contribution in [0.25, 0.3) is 0 Å². The van der Waals surface area contributed by atoms with Gasteiger partial charge < -0.3 is 10.5 Å². The summed E-state index contributed by atoms with van der Waals surface area (Å²) >= 11 is 0. The fraction of sp³-hybridized carbons (Fsp3) is 0.562. The molecule has 19 heavy (non-hydrogen) atoms. The first-order valence-electron chi connectivity index (χ1n) is 7.15. The van der Waals surface area contributed by atoms with Crippen LogP contribution < -0.4 is 5.73 Å². The van der Waals surface area contributed by atoms with Crippen LogP contribution in [0.3, 0.4) is 0 Å². The van der Waals surface area contributed by atoms with Crippen molar-refractivity contribution in [3.05, 3.63) is 35.9 Å². The summed E-state index contributed by atoms with van der Waals surface area (Å²) in [5.74, 6) is 0.323. The number of benzene rings is 1. The summed E-state index contributed by atoms with van der Waals surface area (Å²) in [4.78, 5) is 11.6. The van der Waals surface area contributed by atoms with Gasteiger partial charge in [-0.15, -0.1) is 0 Å². The highest BCUT2D eigenvalue weighted by Gasteiger charge is 2.23. The SMILES string of the molecule is C[C@H]1C[C@@H](Cc2ccccc2)CCC[C@H](N)C(=O)O1. The first-order chi connectivity index (χ1) is 9.15. The summed E-state index contributed by atoms with van der Waals surface area (Å²) < 4.78 is 5.39. The average molecular weight is 261 g/mol. The van der Waals surface area contributed by atoms with Crippen LogP contribution in [0.1, 0.15) is 38.2 Å². The van der Waals surface area contributed by atoms with Gasteiger partial charge in [0.25, 0.3) is 0 Å². The molecule has 1 aliphatic rings. The third kappa shape index (κ3) is 4.35. The highest BCUT2D eigenvalue weighted by Crippen LogP contribution is 2.23. The van der Waals surface area contributed by atoms with E-state index in [1.807, 2.05) is 13.0 Å². The van der Waals surface area contributed by atoms with E-state index in [1.54, 1.807) is 0 Å². The number of hydrogen-bond donors (Lipinski definition) is 1. The fourth-order valence-electron chi connectivity index (χ4n) is 2.80. The van der Waals surface area contributed by atoms with Crippen LogP contribution >= 0.6 is 0 Å². The maximum absolute atomic E-state index is 11.6. The molecule has 2 N–H and O–H groups in total. The van der Waals surface area contributed by atoms with Crippen LogP contribution in [0.5, 0.6) is 0 Å². The van der Waals surface area contributed by atoms with Crippen molar-refractivity contribution in [3.8, 4) is 0 Å². The molecule has 1 heterocycles. The Labute approximate surface area is 115 Å². The molecular formula is C16H23NO2. The number of nitrogens with two attached hydrogens (primary N) is 1. The minimum atomic E-state index is -0.446. The van der Waals surface area contributed by atoms with Gasteiger partial charge in [0, 0.05) is 0 Å². The van der Waals surface area contributed by atoms with Gasteiger partial charge in [0.05, 0.1) is 6.10 Å². The van der Waals surface area contributed by atoms with Crippen LogP contribution in [0.15, 0.2) is 30.3 Å². The van der Waals surface area contributed by atoms with E-state index < -0.39 is 6.04 Å². The van der Waals surface area contributed by atoms with Gasteiger partial charge in [0.2, 0.25) is 0 Å². The monoisotopic (exact) mass is 261 g/mol. The minimum Gasteiger partial charge on any atom is -0.462 e. The maximum atomic E-state index is 11.6. The highest BCUT2D eigenvalue weighted by molar-refractivity contribution is 5.75. The normalized spacial score (nSPS) is 28.9. The molecule has 0 aliphatic carbocycles. The highest BCUT2D eigenvalue weighted by atomic mass is 16.5. The zero-order valence-corrected chi connectivity index (χ0v) is 11.5. The maximum Gasteiger partial charge on any atom is 0.323 e. The Kier molecular flexibility index (Phi) is 4.97. The number of cyclic esters (lactones) is 1. The number of esters is 1. The second kappa shape index (κ2) is 6.71. The van der Waals surface area contributed by atoms with Gasteiger partial charge in [0.1, 0.15) is 6.04 Å². The average Bonchev–Trinajstić information content (AvgIpc) is 2.43. The molecule has 0 saturated carbocycles. The number of carbonyl (C=O) groups is 1. The predicted octanol–water partition coefficient (Wildman–Crippen LogP) is 2.68. The quantitative estimate of drug-likeness (QED) is 0.833. The van der Waals surface area contributed by atoms with Gasteiger partial charge in [0.15, 0.2) is 0 Å². The van der Waals surface area contributed by atoms with E-state index in [1.165, 1.54) is 5.56 Å². The van der Waals surface area contributed by atoms with Gasteiger partial charge in [-0.05, 0) is 44.1 Å². The van der Waals surface area contributed by atoms with Gasteiger partial charge in [-0.2, -0.15) is 0 Å². The molecule has 3 heteroatoms. The summed E-state index contributed by atoms with van der Waals surface area (Å²) in [6.45, 7) is 1.97. The lowest BCUT2D eigenvalue weighted by Crippen LogP contribution is -2.33. The Balaban J connectivity index is 1.98. The molecule has 1 aliphatic heterocycles. The van der Waals surface area contributed by atoms with E-state index in [4.69, 9.17) is 10.5 Å². The van der Waals surface area contributed by atoms with Crippen molar-refractivity contribution in [2.24, 2.45) is 11.7 Å². The number of carbonyl (C=O) groups excluding carboxylic acids is 1. The van der Waals surface area contributed by atoms with Crippen LogP contribution in [-0.2, 0) is 16.0 Å². The summed E-state index contributed by atoms with van der Waals surface area (Å²) in [5, 5.41) is 0. The van der Waals surface area contributed by atoms with E-state index in [2.05, 4.69) is 24.3 Å². The number of ether oxygens (including phenoxy) is 1. The molecule has 0 bridgehead atoms. The lowest BCUT2D eigenvalue weighted by atomic mass is 9.89. The van der Waals surface area contributed by atoms with Gasteiger partial charge in [-0.25, -0.2) is 0 Å². The second-order valence-corrected chi connectivity index (χ2v) is 5.58. The molecule has 1 saturated heterocycles. The predicted molar refractivity (Wildman–Crippen MR) is 75.6 cm³/mol. The van der Waals surface area contributed by atoms with E-state index in [9.17, 15) is 4.79 Å². The van der Waals surface area contributed by atoms with E-state index in [-0.39, 0.29) is 12.1 Å². The molecule has 1 aromatic carbocycles. The van der Waals surface area contributed by atoms with Crippen molar-refractivity contribution >= 4 is 5.97 Å². The first kappa shape index (κ1) is 14.1. The summed E-state index contributed by atoms with van der Waals surface area (Å²) in [6, 6.07) is 10.1. The standard InChI is InChI=1S/C16H23NO2/c1-12-10-14(11-13-6-3-2-4-7-13)8-5-9-15(17)16(18)19-12/h2-4,6-7,12,14-15H,5,8-11,17H2,1H3/t12-,14-,15-/m0/s1. The Morgan fingerprint density at radius 3 is 2.74 bits per heavy atom. The Morgan fingerprint density at radius 2 is 2.00 bits per heavy atom. The van der Waals surface area contributed by atoms with Crippen molar-refractivity contribution in [1.82, 2.24) is 0 Å². The third-order valence-corrected chi connectivity index (χ3v) is 3.78. The molecule has 3 atom stereocenters. The van der Waals surface area contributed by atoms with Crippen molar-refractivity contribution in [1.29, 1.82) is 0 Å². The van der Waals surface area contributed by atoms with Crippen LogP contribution in [0.2, 0.25) is 0 Å². The Morgan fingerprint density at radius 1 is 1.26 bits per heavy atom. The largest absolute Gasteiger partial charge is 0.462 e. The third-order valence-electron chi connectivity index (χ3n) is 3.78. The Hall–Kier alpha value is -1.35. The fourth-order valence-corrected chi connectivity index (χ4v) is 2.80. The zero-order chi connectivity index (χ0) is 13.7. The minimum absolute atomic E-state index is 0.0367. The molecule has 0 unspecified atom stereocenters. The summed E-state index contributed by atoms with van der Waals surface area (Å²) in [7, 11) is 0. The molecule has 1 aromatic rings. The topological polar surface area (TPSA) is 52.3 Å². The summed E-state index contributed by atoms with van der Waals surface area (Å²) in [5.41, 5.74) is 7.16. The van der Waals surface area contributed by atoms with Crippen LogP contribution in [0.4, 0.5) is 0 Å². The molecule has 3 nitrogen and oxygen atoms in total. The van der Waals surface area contributed by atoms with Crippen LogP contribution in [-0.4, -0.2) is 18.1 Å². The number of rotatable bonds is 2. The van der Waals surface area contributed by atoms with Gasteiger partial charge in [-0.3, -0.25) is 4.79 Å². The molecule has 0 radical (unpaired) electrons. The van der Waals surface area contributed by atoms with Gasteiger partial charge in [-0.1, -0.05) is 36.8 Å². The molecule has 1 fully saturated rings. The molecule has 0 spiro atoms. The summed E-state index contributed by atoms with van der Waals surface area (Å²) in [6.07, 6.45) is 4.79. The van der Waals surface area contributed by atoms with Crippen LogP contribution in [0, 0.1) is 5.92 Å². The molecule has 2 rings (SSSR count). The molecule has 104 valence electrons. The second-order valence-electron chi connectivity index (χ2n) is 5.58. The van der Waals surface area contributed by atoms with Crippen molar-refractivity contribution in [2.75, 3.05) is 0 Å². The van der Waals surface area contributed by atoms with E-state index >= 15 is 0 Å². The van der Waals surface area contributed by atoms with Crippen molar-refractivity contribution in [2.45, 2.75) is 51.2 Å². The Bertz CT molecular complexity index is 404. The number of hydrogen-bond acceptors (Lipinski definition) is 3.